The van der Waals surface area contributed by atoms with Gasteiger partial charge < -0.3 is 5.32 Å². The van der Waals surface area contributed by atoms with Crippen LogP contribution in [-0.4, -0.2) is 12.3 Å². The summed E-state index contributed by atoms with van der Waals surface area (Å²) < 4.78 is 0. The molecule has 1 nitrogen and oxygen atoms in total. The van der Waals surface area contributed by atoms with E-state index in [-0.39, 0.29) is 0 Å². The van der Waals surface area contributed by atoms with Crippen LogP contribution in [0, 0.1) is 0 Å². The highest BCUT2D eigenvalue weighted by Gasteiger charge is 2.15. The van der Waals surface area contributed by atoms with Crippen LogP contribution in [0.4, 0.5) is 5.69 Å². The molecule has 64 valence electrons. The Morgan fingerprint density at radius 1 is 1.50 bits per heavy atom. The van der Waals surface area contributed by atoms with Gasteiger partial charge in [-0.1, -0.05) is 6.07 Å². The normalized spacial score (nSPS) is 20.3. The average Bonchev–Trinajstić information content (AvgIpc) is 2.43. The Labute approximate surface area is 77.6 Å². The Morgan fingerprint density at radius 3 is 3.08 bits per heavy atom. The maximum atomic E-state index is 3.46. The third-order valence-corrected chi connectivity index (χ3v) is 2.97. The van der Waals surface area contributed by atoms with Crippen LogP contribution in [-0.2, 0) is 6.42 Å². The van der Waals surface area contributed by atoms with Crippen LogP contribution in [0.1, 0.15) is 12.5 Å². The van der Waals surface area contributed by atoms with Gasteiger partial charge in [-0.05, 0) is 37.3 Å². The zero-order valence-electron chi connectivity index (χ0n) is 7.42. The molecule has 1 aliphatic heterocycles. The highest BCUT2D eigenvalue weighted by atomic mass is 32.2. The van der Waals surface area contributed by atoms with E-state index in [9.17, 15) is 0 Å². The summed E-state index contributed by atoms with van der Waals surface area (Å²) in [5.41, 5.74) is 2.79. The second kappa shape index (κ2) is 3.02. The molecule has 0 aromatic heterocycles. The zero-order chi connectivity index (χ0) is 8.55. The van der Waals surface area contributed by atoms with Crippen molar-refractivity contribution in [3.8, 4) is 0 Å². The molecule has 1 N–H and O–H groups in total. The Hall–Kier alpha value is -0.630. The minimum atomic E-state index is 0.608. The molecule has 1 heterocycles. The minimum absolute atomic E-state index is 0.608. The summed E-state index contributed by atoms with van der Waals surface area (Å²) >= 11 is 1.80. The molecule has 2 heteroatoms. The number of anilines is 1. The molecule has 2 rings (SSSR count). The highest BCUT2D eigenvalue weighted by Crippen LogP contribution is 2.29. The molecule has 0 amide bonds. The predicted molar refractivity (Wildman–Crippen MR) is 55.0 cm³/mol. The molecule has 1 aromatic rings. The first-order valence-electron chi connectivity index (χ1n) is 4.23. The lowest BCUT2D eigenvalue weighted by Crippen LogP contribution is -2.08. The van der Waals surface area contributed by atoms with Crippen molar-refractivity contribution in [2.45, 2.75) is 24.3 Å². The molecule has 0 saturated heterocycles. The van der Waals surface area contributed by atoms with Gasteiger partial charge in [0.2, 0.25) is 0 Å². The molecule has 0 radical (unpaired) electrons. The monoisotopic (exact) mass is 179 g/mol. The van der Waals surface area contributed by atoms with E-state index in [4.69, 9.17) is 0 Å². The lowest BCUT2D eigenvalue weighted by Gasteiger charge is -2.03. The number of hydrogen-bond donors (Lipinski definition) is 1. The van der Waals surface area contributed by atoms with Gasteiger partial charge in [0.15, 0.2) is 0 Å². The third kappa shape index (κ3) is 1.31. The number of fused-ring (bicyclic) bond motifs is 1. The maximum Gasteiger partial charge on any atom is 0.0386 e. The summed E-state index contributed by atoms with van der Waals surface area (Å²) in [4.78, 5) is 1.34. The zero-order valence-corrected chi connectivity index (χ0v) is 8.24. The van der Waals surface area contributed by atoms with Crippen LogP contribution in [0.25, 0.3) is 0 Å². The van der Waals surface area contributed by atoms with E-state index < -0.39 is 0 Å². The van der Waals surface area contributed by atoms with Gasteiger partial charge in [0.05, 0.1) is 0 Å². The van der Waals surface area contributed by atoms with Gasteiger partial charge >= 0.3 is 0 Å². The molecule has 1 atom stereocenters. The van der Waals surface area contributed by atoms with Gasteiger partial charge in [-0.15, -0.1) is 11.8 Å². The van der Waals surface area contributed by atoms with Crippen molar-refractivity contribution in [2.75, 3.05) is 11.6 Å². The van der Waals surface area contributed by atoms with Crippen molar-refractivity contribution in [3.05, 3.63) is 23.8 Å². The van der Waals surface area contributed by atoms with E-state index in [1.807, 2.05) is 0 Å². The van der Waals surface area contributed by atoms with Crippen molar-refractivity contribution < 1.29 is 0 Å². The molecule has 12 heavy (non-hydrogen) atoms. The third-order valence-electron chi connectivity index (χ3n) is 2.25. The predicted octanol–water partition coefficient (Wildman–Crippen LogP) is 2.77. The molecule has 1 aliphatic rings. The van der Waals surface area contributed by atoms with E-state index in [1.54, 1.807) is 11.8 Å². The second-order valence-corrected chi connectivity index (χ2v) is 4.15. The van der Waals surface area contributed by atoms with Crippen molar-refractivity contribution in [3.63, 3.8) is 0 Å². The van der Waals surface area contributed by atoms with E-state index in [0.717, 1.165) is 0 Å². The fourth-order valence-corrected chi connectivity index (χ4v) is 2.08. The minimum Gasteiger partial charge on any atom is -0.382 e. The van der Waals surface area contributed by atoms with Gasteiger partial charge in [-0.3, -0.25) is 0 Å². The lowest BCUT2D eigenvalue weighted by molar-refractivity contribution is 0.839. The smallest absolute Gasteiger partial charge is 0.0386 e. The Morgan fingerprint density at radius 2 is 2.33 bits per heavy atom. The molecule has 1 unspecified atom stereocenters. The Kier molecular flexibility index (Phi) is 2.01. The van der Waals surface area contributed by atoms with Crippen LogP contribution in [0.2, 0.25) is 0 Å². The summed E-state index contributed by atoms with van der Waals surface area (Å²) in [6.07, 6.45) is 3.28. The first-order chi connectivity index (χ1) is 5.79. The summed E-state index contributed by atoms with van der Waals surface area (Å²) in [5, 5.41) is 3.46. The number of nitrogens with one attached hydrogen (secondary N) is 1. The second-order valence-electron chi connectivity index (χ2n) is 3.27. The quantitative estimate of drug-likeness (QED) is 0.665. The van der Waals surface area contributed by atoms with Gasteiger partial charge in [-0.25, -0.2) is 0 Å². The van der Waals surface area contributed by atoms with Gasteiger partial charge in [-0.2, -0.15) is 0 Å². The average molecular weight is 179 g/mol. The standard InChI is InChI=1S/C10H13NS/c1-7-5-8-3-4-9(12-2)6-10(8)11-7/h3-4,6-7,11H,5H2,1-2H3. The fraction of sp³-hybridized carbons (Fsp3) is 0.400. The van der Waals surface area contributed by atoms with E-state index in [1.165, 1.54) is 22.6 Å². The van der Waals surface area contributed by atoms with Crippen molar-refractivity contribution in [2.24, 2.45) is 0 Å². The molecular formula is C10H13NS. The first-order valence-corrected chi connectivity index (χ1v) is 5.45. The molecular weight excluding hydrogens is 166 g/mol. The fourth-order valence-electron chi connectivity index (χ4n) is 1.64. The van der Waals surface area contributed by atoms with Crippen molar-refractivity contribution in [1.82, 2.24) is 0 Å². The van der Waals surface area contributed by atoms with Gasteiger partial charge in [0, 0.05) is 16.6 Å². The molecule has 0 saturated carbocycles. The number of benzene rings is 1. The topological polar surface area (TPSA) is 12.0 Å². The summed E-state index contributed by atoms with van der Waals surface area (Å²) in [5.74, 6) is 0. The molecule has 1 aromatic carbocycles. The van der Waals surface area contributed by atoms with E-state index in [2.05, 4.69) is 36.7 Å². The van der Waals surface area contributed by atoms with Crippen LogP contribution in [0.3, 0.4) is 0 Å². The highest BCUT2D eigenvalue weighted by molar-refractivity contribution is 7.98. The summed E-state index contributed by atoms with van der Waals surface area (Å²) in [6, 6.07) is 7.28. The molecule has 0 fully saturated rings. The first kappa shape index (κ1) is 7.99. The molecule has 0 aliphatic carbocycles. The van der Waals surface area contributed by atoms with Crippen molar-refractivity contribution >= 4 is 17.4 Å². The van der Waals surface area contributed by atoms with Crippen LogP contribution in [0.5, 0.6) is 0 Å². The van der Waals surface area contributed by atoms with E-state index >= 15 is 0 Å². The van der Waals surface area contributed by atoms with Crippen molar-refractivity contribution in [1.29, 1.82) is 0 Å². The van der Waals surface area contributed by atoms with Crippen LogP contribution >= 0.6 is 11.8 Å². The largest absolute Gasteiger partial charge is 0.382 e. The van der Waals surface area contributed by atoms with E-state index in [0.29, 0.717) is 6.04 Å². The van der Waals surface area contributed by atoms with Crippen LogP contribution < -0.4 is 5.32 Å². The Bertz CT molecular complexity index is 296. The number of thioether (sulfide) groups is 1. The van der Waals surface area contributed by atoms with Crippen LogP contribution in [0.15, 0.2) is 23.1 Å². The lowest BCUT2D eigenvalue weighted by atomic mass is 10.1. The number of rotatable bonds is 1. The van der Waals surface area contributed by atoms with Gasteiger partial charge in [0.25, 0.3) is 0 Å². The molecule has 0 spiro atoms. The SMILES string of the molecule is CSc1ccc2c(c1)NC(C)C2. The Balaban J connectivity index is 2.35. The van der Waals surface area contributed by atoms with Gasteiger partial charge in [0.1, 0.15) is 0 Å². The summed E-state index contributed by atoms with van der Waals surface area (Å²) in [6.45, 7) is 2.22. The maximum absolute atomic E-state index is 3.46. The molecule has 0 bridgehead atoms. The summed E-state index contributed by atoms with van der Waals surface area (Å²) in [7, 11) is 0. The number of hydrogen-bond acceptors (Lipinski definition) is 2.